The van der Waals surface area contributed by atoms with Crippen LogP contribution in [0.15, 0.2) is 66.7 Å². The maximum atomic E-state index is 13.5. The number of nitrogens with two attached hydrogens (primary N) is 1. The van der Waals surface area contributed by atoms with E-state index < -0.39 is 23.3 Å². The van der Waals surface area contributed by atoms with Gasteiger partial charge in [0.15, 0.2) is 5.78 Å². The van der Waals surface area contributed by atoms with Crippen molar-refractivity contribution < 1.29 is 24.3 Å². The molecule has 8 nitrogen and oxygen atoms in total. The quantitative estimate of drug-likeness (QED) is 0.552. The van der Waals surface area contributed by atoms with Crippen LogP contribution >= 0.6 is 0 Å². The number of likely N-dealkylation sites (tertiary alicyclic amines) is 2. The van der Waals surface area contributed by atoms with Crippen LogP contribution in [0, 0.1) is 0 Å². The van der Waals surface area contributed by atoms with E-state index >= 15 is 0 Å². The number of phenols is 1. The molecule has 8 heteroatoms. The number of aromatic hydroxyl groups is 1. The lowest BCUT2D eigenvalue weighted by Gasteiger charge is -2.34. The molecule has 2 atom stereocenters. The van der Waals surface area contributed by atoms with Gasteiger partial charge < -0.3 is 20.6 Å². The normalized spacial score (nSPS) is 21.4. The Hall–Kier alpha value is -4.20. The van der Waals surface area contributed by atoms with Crippen molar-refractivity contribution in [2.75, 3.05) is 13.1 Å². The minimum Gasteiger partial charge on any atom is -0.508 e. The van der Waals surface area contributed by atoms with Crippen LogP contribution in [0.2, 0.25) is 0 Å². The van der Waals surface area contributed by atoms with Crippen LogP contribution < -0.4 is 5.73 Å². The van der Waals surface area contributed by atoms with E-state index in [1.807, 2.05) is 30.3 Å². The maximum absolute atomic E-state index is 13.5. The maximum Gasteiger partial charge on any atom is 0.254 e. The van der Waals surface area contributed by atoms with Crippen molar-refractivity contribution in [3.05, 3.63) is 77.9 Å². The number of hydrogen-bond donors (Lipinski definition) is 2. The predicted molar refractivity (Wildman–Crippen MR) is 128 cm³/mol. The standard InChI is InChI=1S/C27H25N3O5/c28-26(35)27-22(13-14-30(27)24(33)12-7-17-5-10-21(31)11-6-17)29(16-23(27)32)25(34)20-9-8-18-3-1-2-4-19(18)15-20/h1-6,8-11,15,22,31H,7,12-14,16H2,(H2,28,35). The Balaban J connectivity index is 1.40. The molecule has 35 heavy (non-hydrogen) atoms. The number of carbonyl (C=O) groups is 4. The molecular formula is C27H25N3O5. The largest absolute Gasteiger partial charge is 0.508 e. The van der Waals surface area contributed by atoms with E-state index in [9.17, 15) is 24.3 Å². The van der Waals surface area contributed by atoms with Gasteiger partial charge >= 0.3 is 0 Å². The number of phenolic OH excluding ortho intramolecular Hbond substituents is 1. The van der Waals surface area contributed by atoms with Crippen LogP contribution in [0.4, 0.5) is 0 Å². The molecule has 3 N–H and O–H groups in total. The second kappa shape index (κ2) is 8.54. The average molecular weight is 472 g/mol. The third kappa shape index (κ3) is 3.62. The minimum absolute atomic E-state index is 0.0679. The molecule has 0 radical (unpaired) electrons. The zero-order valence-corrected chi connectivity index (χ0v) is 19.0. The van der Waals surface area contributed by atoms with Gasteiger partial charge in [-0.15, -0.1) is 0 Å². The number of hydrogen-bond acceptors (Lipinski definition) is 5. The van der Waals surface area contributed by atoms with Gasteiger partial charge in [-0.25, -0.2) is 0 Å². The van der Waals surface area contributed by atoms with Crippen LogP contribution in [-0.4, -0.2) is 63.1 Å². The summed E-state index contributed by atoms with van der Waals surface area (Å²) >= 11 is 0. The Labute approximate surface area is 201 Å². The van der Waals surface area contributed by atoms with Gasteiger partial charge in [0.2, 0.25) is 11.4 Å². The number of ketones is 1. The van der Waals surface area contributed by atoms with E-state index in [2.05, 4.69) is 0 Å². The summed E-state index contributed by atoms with van der Waals surface area (Å²) in [6.07, 6.45) is 0.737. The van der Waals surface area contributed by atoms with Crippen molar-refractivity contribution in [2.45, 2.75) is 30.8 Å². The second-order valence-electron chi connectivity index (χ2n) is 9.07. The number of carbonyl (C=O) groups excluding carboxylic acids is 4. The number of aryl methyl sites for hydroxylation is 1. The highest BCUT2D eigenvalue weighted by Crippen LogP contribution is 2.40. The molecule has 2 aliphatic rings. The monoisotopic (exact) mass is 471 g/mol. The van der Waals surface area contributed by atoms with E-state index in [1.165, 1.54) is 21.9 Å². The van der Waals surface area contributed by atoms with Gasteiger partial charge in [0, 0.05) is 18.5 Å². The first kappa shape index (κ1) is 22.6. The fourth-order valence-corrected chi connectivity index (χ4v) is 5.43. The minimum atomic E-state index is -1.85. The Bertz CT molecular complexity index is 1350. The van der Waals surface area contributed by atoms with E-state index in [0.29, 0.717) is 18.4 Å². The number of primary amides is 1. The first-order valence-corrected chi connectivity index (χ1v) is 11.5. The molecule has 0 aliphatic carbocycles. The molecule has 2 unspecified atom stereocenters. The molecule has 0 saturated carbocycles. The molecule has 0 spiro atoms. The lowest BCUT2D eigenvalue weighted by molar-refractivity contribution is -0.149. The Morgan fingerprint density at radius 1 is 1.00 bits per heavy atom. The first-order valence-electron chi connectivity index (χ1n) is 11.5. The fraction of sp³-hybridized carbons (Fsp3) is 0.259. The highest BCUT2D eigenvalue weighted by atomic mass is 16.3. The summed E-state index contributed by atoms with van der Waals surface area (Å²) in [5.74, 6) is -2.04. The highest BCUT2D eigenvalue weighted by Gasteiger charge is 2.67. The number of fused-ring (bicyclic) bond motifs is 2. The smallest absolute Gasteiger partial charge is 0.254 e. The van der Waals surface area contributed by atoms with Crippen molar-refractivity contribution in [1.82, 2.24) is 9.80 Å². The summed E-state index contributed by atoms with van der Waals surface area (Å²) in [6, 6.07) is 18.6. The topological polar surface area (TPSA) is 121 Å². The zero-order chi connectivity index (χ0) is 24.7. The summed E-state index contributed by atoms with van der Waals surface area (Å²) in [7, 11) is 0. The third-order valence-electron chi connectivity index (χ3n) is 7.15. The molecule has 0 aromatic heterocycles. The summed E-state index contributed by atoms with van der Waals surface area (Å²) in [4.78, 5) is 55.4. The number of nitrogens with zero attached hydrogens (tertiary/aromatic N) is 2. The van der Waals surface area contributed by atoms with E-state index in [-0.39, 0.29) is 37.1 Å². The fourth-order valence-electron chi connectivity index (χ4n) is 5.43. The van der Waals surface area contributed by atoms with Gasteiger partial charge in [0.05, 0.1) is 12.6 Å². The number of rotatable bonds is 5. The number of Topliss-reactive ketones (excluding diaryl/α,β-unsaturated/α-hetero) is 1. The average Bonchev–Trinajstić information content (AvgIpc) is 3.40. The lowest BCUT2D eigenvalue weighted by atomic mass is 9.88. The molecule has 2 heterocycles. The first-order chi connectivity index (χ1) is 16.8. The summed E-state index contributed by atoms with van der Waals surface area (Å²) in [5.41, 5.74) is 5.17. The summed E-state index contributed by atoms with van der Waals surface area (Å²) < 4.78 is 0. The van der Waals surface area contributed by atoms with Crippen LogP contribution in [0.25, 0.3) is 10.8 Å². The molecular weight excluding hydrogens is 446 g/mol. The van der Waals surface area contributed by atoms with Gasteiger partial charge in [-0.3, -0.25) is 19.2 Å². The van der Waals surface area contributed by atoms with Crippen LogP contribution in [-0.2, 0) is 20.8 Å². The van der Waals surface area contributed by atoms with Gasteiger partial charge in [0.25, 0.3) is 11.8 Å². The van der Waals surface area contributed by atoms with Crippen molar-refractivity contribution >= 4 is 34.3 Å². The SMILES string of the molecule is NC(=O)C12C(=O)CN(C(=O)c3ccc4ccccc4c3)C1CCN2C(=O)CCc1ccc(O)cc1. The van der Waals surface area contributed by atoms with Crippen LogP contribution in [0.1, 0.15) is 28.8 Å². The van der Waals surface area contributed by atoms with Gasteiger partial charge in [-0.2, -0.15) is 0 Å². The highest BCUT2D eigenvalue weighted by molar-refractivity contribution is 6.18. The van der Waals surface area contributed by atoms with Crippen LogP contribution in [0.3, 0.4) is 0 Å². The van der Waals surface area contributed by atoms with Gasteiger partial charge in [-0.05, 0) is 53.4 Å². The van der Waals surface area contributed by atoms with E-state index in [4.69, 9.17) is 5.73 Å². The van der Waals surface area contributed by atoms with Crippen molar-refractivity contribution in [2.24, 2.45) is 5.73 Å². The Morgan fingerprint density at radius 3 is 2.43 bits per heavy atom. The molecule has 178 valence electrons. The molecule has 2 saturated heterocycles. The molecule has 3 amide bonds. The Kier molecular flexibility index (Phi) is 5.51. The lowest BCUT2D eigenvalue weighted by Crippen LogP contribution is -2.64. The molecule has 3 aromatic rings. The van der Waals surface area contributed by atoms with Crippen LogP contribution in [0.5, 0.6) is 5.75 Å². The second-order valence-corrected chi connectivity index (χ2v) is 9.07. The molecule has 5 rings (SSSR count). The van der Waals surface area contributed by atoms with Gasteiger partial charge in [0.1, 0.15) is 5.75 Å². The van der Waals surface area contributed by atoms with Gasteiger partial charge in [-0.1, -0.05) is 42.5 Å². The van der Waals surface area contributed by atoms with E-state index in [0.717, 1.165) is 16.3 Å². The zero-order valence-electron chi connectivity index (χ0n) is 19.0. The molecule has 2 fully saturated rings. The van der Waals surface area contributed by atoms with Crippen molar-refractivity contribution in [3.8, 4) is 5.75 Å². The molecule has 0 bridgehead atoms. The predicted octanol–water partition coefficient (Wildman–Crippen LogP) is 2.03. The number of amides is 3. The summed E-state index contributed by atoms with van der Waals surface area (Å²) in [6.45, 7) is -0.115. The Morgan fingerprint density at radius 2 is 1.71 bits per heavy atom. The molecule has 3 aromatic carbocycles. The van der Waals surface area contributed by atoms with Crippen molar-refractivity contribution in [3.63, 3.8) is 0 Å². The molecule has 2 aliphatic heterocycles. The number of benzene rings is 3. The summed E-state index contributed by atoms with van der Waals surface area (Å²) in [5, 5.41) is 11.3. The van der Waals surface area contributed by atoms with E-state index in [1.54, 1.807) is 24.3 Å². The third-order valence-corrected chi connectivity index (χ3v) is 7.15. The van der Waals surface area contributed by atoms with Crippen molar-refractivity contribution in [1.29, 1.82) is 0 Å².